The Hall–Kier alpha value is -0.486. The summed E-state index contributed by atoms with van der Waals surface area (Å²) in [7, 11) is -2.56. The predicted octanol–water partition coefficient (Wildman–Crippen LogP) is 0.334. The maximum Gasteiger partial charge on any atom is -1.00 e. The maximum atomic E-state index is 2.71. The van der Waals surface area contributed by atoms with Crippen LogP contribution >= 0.6 is 0 Å². The second kappa shape index (κ2) is 12.2. The van der Waals surface area contributed by atoms with E-state index >= 15 is 0 Å². The minimum atomic E-state index is -2.11. The fourth-order valence-electron chi connectivity index (χ4n) is 4.87. The molecule has 0 atom stereocenters. The molecule has 4 rings (SSSR count). The van der Waals surface area contributed by atoms with Crippen molar-refractivity contribution in [2.24, 2.45) is 0 Å². The fraction of sp³-hybridized carbons (Fsp3) is 0.286. The van der Waals surface area contributed by atoms with Gasteiger partial charge in [-0.15, -0.1) is 0 Å². The van der Waals surface area contributed by atoms with E-state index < -0.39 is 43.0 Å². The van der Waals surface area contributed by atoms with Gasteiger partial charge in [0, 0.05) is 0 Å². The van der Waals surface area contributed by atoms with Crippen molar-refractivity contribution in [3.05, 3.63) is 102 Å². The van der Waals surface area contributed by atoms with Gasteiger partial charge >= 0.3 is 207 Å². The molecule has 0 nitrogen and oxygen atoms in total. The molecule has 0 N–H and O–H groups in total. The first kappa shape index (κ1) is 29.7. The standard InChI is InChI=1S/C12H11Si.2C8H13Si.2ClH.Zr/c1-3-7-11(8-4-1)13-12-9-5-2-6-10-12;2*1-9(2,3)8-6-4-5-7-8;;;/h1-10,13H;2*6-7H,4H2,1-3H3;2*1H;/q;;;;;+2/p-2. The summed E-state index contributed by atoms with van der Waals surface area (Å²) < 4.78 is 3.73. The van der Waals surface area contributed by atoms with Gasteiger partial charge in [-0.25, -0.2) is 0 Å². The van der Waals surface area contributed by atoms with E-state index in [9.17, 15) is 0 Å². The quantitative estimate of drug-likeness (QED) is 0.393. The Morgan fingerprint density at radius 2 is 0.941 bits per heavy atom. The Kier molecular flexibility index (Phi) is 10.6. The number of hydrogen-bond acceptors (Lipinski definition) is 0. The molecule has 0 saturated heterocycles. The van der Waals surface area contributed by atoms with Gasteiger partial charge in [-0.2, -0.15) is 0 Å². The van der Waals surface area contributed by atoms with E-state index in [1.807, 2.05) is 6.56 Å². The van der Waals surface area contributed by atoms with E-state index in [0.29, 0.717) is 0 Å². The first-order chi connectivity index (χ1) is 15.1. The molecule has 0 bridgehead atoms. The Bertz CT molecular complexity index is 1000. The van der Waals surface area contributed by atoms with Gasteiger partial charge < -0.3 is 24.8 Å². The second-order valence-corrected chi connectivity index (χ2v) is 36.5. The predicted molar refractivity (Wildman–Crippen MR) is 148 cm³/mol. The smallest absolute Gasteiger partial charge is 1.00 e. The molecule has 0 aromatic heterocycles. The molecule has 6 heteroatoms. The molecule has 2 aromatic rings. The van der Waals surface area contributed by atoms with E-state index in [-0.39, 0.29) is 24.8 Å². The van der Waals surface area contributed by atoms with Crippen LogP contribution in [-0.2, 0) is 20.9 Å². The number of benzene rings is 2. The van der Waals surface area contributed by atoms with Gasteiger partial charge in [-0.3, -0.25) is 0 Å². The summed E-state index contributed by atoms with van der Waals surface area (Å²) in [6, 6.07) is 23.2. The van der Waals surface area contributed by atoms with Crippen molar-refractivity contribution in [3.8, 4) is 0 Å². The summed E-state index contributed by atoms with van der Waals surface area (Å²) >= 11 is -2.11. The van der Waals surface area contributed by atoms with Crippen molar-refractivity contribution in [1.29, 1.82) is 0 Å². The molecular weight excluding hydrogens is 583 g/mol. The van der Waals surface area contributed by atoms with Gasteiger partial charge in [0.1, 0.15) is 0 Å². The maximum absolute atomic E-state index is 2.71. The van der Waals surface area contributed by atoms with Gasteiger partial charge in [-0.1, -0.05) is 0 Å². The van der Waals surface area contributed by atoms with Crippen LogP contribution in [-0.4, -0.2) is 22.1 Å². The molecule has 0 spiro atoms. The molecular formula is C28H37Cl2Si3Zr. The van der Waals surface area contributed by atoms with Crippen molar-refractivity contribution < 1.29 is 45.7 Å². The van der Waals surface area contributed by atoms with Crippen LogP contribution in [0.15, 0.2) is 102 Å². The zero-order valence-corrected chi connectivity index (χ0v) is 28.5. The molecule has 0 saturated carbocycles. The average molecular weight is 620 g/mol. The van der Waals surface area contributed by atoms with Crippen LogP contribution in [0.4, 0.5) is 0 Å². The topological polar surface area (TPSA) is 0 Å². The Balaban J connectivity index is 0.00000204. The third-order valence-corrected chi connectivity index (χ3v) is 32.2. The molecule has 0 heterocycles. The van der Waals surface area contributed by atoms with Crippen LogP contribution in [0.5, 0.6) is 0 Å². The molecule has 0 fully saturated rings. The number of hydrogen-bond donors (Lipinski definition) is 0. The molecule has 2 aliphatic carbocycles. The molecule has 0 aliphatic heterocycles. The van der Waals surface area contributed by atoms with Gasteiger partial charge in [-0.05, 0) is 0 Å². The summed E-state index contributed by atoms with van der Waals surface area (Å²) in [5.74, 6) is -1.31. The first-order valence-electron chi connectivity index (χ1n) is 11.9. The molecule has 0 unspecified atom stereocenters. The van der Waals surface area contributed by atoms with E-state index in [0.717, 1.165) is 0 Å². The van der Waals surface area contributed by atoms with E-state index in [1.54, 1.807) is 20.8 Å². The van der Waals surface area contributed by atoms with Gasteiger partial charge in [0.25, 0.3) is 0 Å². The Morgan fingerprint density at radius 1 is 0.588 bits per heavy atom. The molecule has 2 aromatic carbocycles. The molecule has 34 heavy (non-hydrogen) atoms. The third-order valence-electron chi connectivity index (χ3n) is 6.72. The van der Waals surface area contributed by atoms with E-state index in [2.05, 4.69) is 124 Å². The molecule has 2 aliphatic rings. The van der Waals surface area contributed by atoms with Crippen LogP contribution in [0.1, 0.15) is 12.8 Å². The second-order valence-electron chi connectivity index (χ2n) is 11.2. The fourth-order valence-corrected chi connectivity index (χ4v) is 31.0. The van der Waals surface area contributed by atoms with Crippen molar-refractivity contribution in [2.75, 3.05) is 0 Å². The van der Waals surface area contributed by atoms with Crippen molar-refractivity contribution >= 4 is 32.4 Å². The first-order valence-corrected chi connectivity index (χ1v) is 27.4. The zero-order valence-electron chi connectivity index (χ0n) is 21.3. The van der Waals surface area contributed by atoms with Gasteiger partial charge in [0.2, 0.25) is 0 Å². The van der Waals surface area contributed by atoms with Gasteiger partial charge in [0.05, 0.1) is 0 Å². The largest absolute Gasteiger partial charge is 1.00 e. The SMILES string of the molecule is C[Si](C)(C)C1=CC[C]([Zr+2]([C]2=CC([Si](C)(C)C)=CC2)[SiH](c2ccccc2)c2ccccc2)=C1.[Cl-].[Cl-]. The molecule has 0 amide bonds. The summed E-state index contributed by atoms with van der Waals surface area (Å²) in [5, 5.41) is 6.68. The number of allylic oxidation sites excluding steroid dienone is 8. The summed E-state index contributed by atoms with van der Waals surface area (Å²) in [6.07, 6.45) is 13.1. The van der Waals surface area contributed by atoms with Crippen molar-refractivity contribution in [3.63, 3.8) is 0 Å². The zero-order chi connectivity index (χ0) is 22.9. The Morgan fingerprint density at radius 3 is 1.24 bits per heavy atom. The van der Waals surface area contributed by atoms with E-state index in [4.69, 9.17) is 0 Å². The van der Waals surface area contributed by atoms with Crippen LogP contribution in [0, 0.1) is 0 Å². The Labute approximate surface area is 230 Å². The van der Waals surface area contributed by atoms with Crippen LogP contribution in [0.25, 0.3) is 0 Å². The van der Waals surface area contributed by atoms with Crippen LogP contribution in [0.2, 0.25) is 39.3 Å². The van der Waals surface area contributed by atoms with Crippen LogP contribution in [0.3, 0.4) is 0 Å². The number of rotatable bonds is 7. The third kappa shape index (κ3) is 6.84. The monoisotopic (exact) mass is 617 g/mol. The van der Waals surface area contributed by atoms with Crippen LogP contribution < -0.4 is 35.2 Å². The van der Waals surface area contributed by atoms with E-state index in [1.165, 1.54) is 12.8 Å². The van der Waals surface area contributed by atoms with Crippen molar-refractivity contribution in [1.82, 2.24) is 0 Å². The summed E-state index contributed by atoms with van der Waals surface area (Å²) in [6.45, 7) is 15.0. The average Bonchev–Trinajstić information content (AvgIpc) is 3.43. The summed E-state index contributed by atoms with van der Waals surface area (Å²) in [5.41, 5.74) is 0. The normalized spacial score (nSPS) is 15.6. The van der Waals surface area contributed by atoms with Crippen molar-refractivity contribution in [2.45, 2.75) is 52.1 Å². The molecule has 0 radical (unpaired) electrons. The minimum Gasteiger partial charge on any atom is -1.00 e. The minimum absolute atomic E-state index is 0. The molecule has 179 valence electrons. The number of halogens is 2. The van der Waals surface area contributed by atoms with Gasteiger partial charge in [0.15, 0.2) is 0 Å². The summed E-state index contributed by atoms with van der Waals surface area (Å²) in [4.78, 5) is 0.